The van der Waals surface area contributed by atoms with E-state index in [1.54, 1.807) is 0 Å². The maximum atomic E-state index is 10.3. The highest BCUT2D eigenvalue weighted by molar-refractivity contribution is 5.88. The molecule has 2 N–H and O–H groups in total. The molecular weight excluding hydrogens is 416 g/mol. The third-order valence-electron chi connectivity index (χ3n) is 6.14. The smallest absolute Gasteiger partial charge is 0.216 e. The largest absolute Gasteiger partial charge is 0.377 e. The topological polar surface area (TPSA) is 79.8 Å². The van der Waals surface area contributed by atoms with Crippen LogP contribution in [-0.2, 0) is 11.3 Å². The number of fused-ring (bicyclic) bond motifs is 3. The molecule has 5 rings (SSSR count). The number of aryl methyl sites for hydroxylation is 2. The van der Waals surface area contributed by atoms with Crippen molar-refractivity contribution < 1.29 is 9.84 Å². The second-order valence-corrected chi connectivity index (χ2v) is 9.94. The van der Waals surface area contributed by atoms with Gasteiger partial charge in [0.1, 0.15) is 5.82 Å². The van der Waals surface area contributed by atoms with Crippen LogP contribution in [0.2, 0.25) is 0 Å². The Morgan fingerprint density at radius 1 is 1.09 bits per heavy atom. The van der Waals surface area contributed by atoms with Crippen molar-refractivity contribution in [3.63, 3.8) is 0 Å². The standard InChI is InChI=1S/C25H32N6O2/c1-16-11-22-21(30(16)13-18-9-7-6-8-10-18)12-20(23-28-27-17(2)31(22)23)26-19-14-29(15-19)24(32)33-25(3,4)5/h6-12,19,24,26,32H,13-15H2,1-5H3. The first-order valence-electron chi connectivity index (χ1n) is 11.4. The molecule has 33 heavy (non-hydrogen) atoms. The molecule has 8 nitrogen and oxygen atoms in total. The van der Waals surface area contributed by atoms with Crippen LogP contribution in [0.4, 0.5) is 5.69 Å². The van der Waals surface area contributed by atoms with E-state index in [0.717, 1.165) is 34.7 Å². The van der Waals surface area contributed by atoms with Crippen molar-refractivity contribution in [2.45, 2.75) is 59.2 Å². The highest BCUT2D eigenvalue weighted by atomic mass is 16.6. The number of benzene rings is 1. The Bertz CT molecular complexity index is 1280. The summed E-state index contributed by atoms with van der Waals surface area (Å²) >= 11 is 0. The predicted octanol–water partition coefficient (Wildman–Crippen LogP) is 3.54. The zero-order chi connectivity index (χ0) is 23.3. The lowest BCUT2D eigenvalue weighted by atomic mass is 10.1. The lowest BCUT2D eigenvalue weighted by Crippen LogP contribution is -2.60. The van der Waals surface area contributed by atoms with Crippen molar-refractivity contribution >= 4 is 22.4 Å². The van der Waals surface area contributed by atoms with Gasteiger partial charge in [-0.05, 0) is 52.3 Å². The Morgan fingerprint density at radius 2 is 1.82 bits per heavy atom. The van der Waals surface area contributed by atoms with Crippen molar-refractivity contribution in [1.29, 1.82) is 0 Å². The maximum absolute atomic E-state index is 10.3. The van der Waals surface area contributed by atoms with Crippen LogP contribution in [0, 0.1) is 13.8 Å². The van der Waals surface area contributed by atoms with Crippen LogP contribution >= 0.6 is 0 Å². The predicted molar refractivity (Wildman–Crippen MR) is 129 cm³/mol. The number of aliphatic hydroxyl groups is 1. The van der Waals surface area contributed by atoms with Crippen LogP contribution in [0.25, 0.3) is 16.7 Å². The molecular formula is C25H32N6O2. The van der Waals surface area contributed by atoms with E-state index in [9.17, 15) is 5.11 Å². The summed E-state index contributed by atoms with van der Waals surface area (Å²) in [4.78, 5) is 1.91. The average molecular weight is 449 g/mol. The van der Waals surface area contributed by atoms with E-state index < -0.39 is 12.0 Å². The van der Waals surface area contributed by atoms with Crippen LogP contribution in [-0.4, -0.2) is 60.3 Å². The average Bonchev–Trinajstić information content (AvgIpc) is 3.24. The zero-order valence-corrected chi connectivity index (χ0v) is 19.9. The van der Waals surface area contributed by atoms with Gasteiger partial charge < -0.3 is 19.7 Å². The number of likely N-dealkylation sites (tertiary alicyclic amines) is 1. The molecule has 0 radical (unpaired) electrons. The Kier molecular flexibility index (Phi) is 5.39. The fraction of sp³-hybridized carbons (Fsp3) is 0.440. The summed E-state index contributed by atoms with van der Waals surface area (Å²) in [5.41, 5.74) is 6.08. The Morgan fingerprint density at radius 3 is 2.52 bits per heavy atom. The molecule has 4 aromatic rings. The van der Waals surface area contributed by atoms with Gasteiger partial charge in [-0.15, -0.1) is 10.2 Å². The van der Waals surface area contributed by atoms with E-state index in [1.165, 1.54) is 11.3 Å². The molecule has 0 bridgehead atoms. The summed E-state index contributed by atoms with van der Waals surface area (Å²) in [6.07, 6.45) is -0.897. The van der Waals surface area contributed by atoms with E-state index in [-0.39, 0.29) is 6.04 Å². The molecule has 4 heterocycles. The number of aromatic nitrogens is 4. The number of hydrogen-bond acceptors (Lipinski definition) is 6. The van der Waals surface area contributed by atoms with Gasteiger partial charge in [-0.25, -0.2) is 0 Å². The fourth-order valence-corrected chi connectivity index (χ4v) is 4.51. The van der Waals surface area contributed by atoms with Gasteiger partial charge in [0.05, 0.1) is 28.4 Å². The molecule has 0 amide bonds. The van der Waals surface area contributed by atoms with Gasteiger partial charge in [-0.1, -0.05) is 30.3 Å². The van der Waals surface area contributed by atoms with Gasteiger partial charge >= 0.3 is 0 Å². The van der Waals surface area contributed by atoms with Crippen LogP contribution in [0.1, 0.15) is 37.9 Å². The van der Waals surface area contributed by atoms with Crippen LogP contribution in [0.15, 0.2) is 42.5 Å². The molecule has 1 atom stereocenters. The first-order chi connectivity index (χ1) is 15.7. The van der Waals surface area contributed by atoms with E-state index in [2.05, 4.69) is 67.8 Å². The normalized spacial score (nSPS) is 16.4. The molecule has 174 valence electrons. The third-order valence-corrected chi connectivity index (χ3v) is 6.14. The molecule has 0 aliphatic carbocycles. The molecule has 3 aromatic heterocycles. The number of aliphatic hydroxyl groups excluding tert-OH is 1. The molecule has 8 heteroatoms. The SMILES string of the molecule is Cc1cc2c(cc(NC3CN(C(O)OC(C)(C)C)C3)c3nnc(C)n32)n1Cc1ccccc1. The van der Waals surface area contributed by atoms with E-state index >= 15 is 0 Å². The maximum Gasteiger partial charge on any atom is 0.216 e. The summed E-state index contributed by atoms with van der Waals surface area (Å²) in [5, 5.41) is 22.8. The van der Waals surface area contributed by atoms with Gasteiger partial charge in [0.15, 0.2) is 5.65 Å². The Balaban J connectivity index is 1.45. The van der Waals surface area contributed by atoms with Gasteiger partial charge in [0, 0.05) is 25.3 Å². The number of pyridine rings is 1. The van der Waals surface area contributed by atoms with Gasteiger partial charge in [0.2, 0.25) is 6.41 Å². The quantitative estimate of drug-likeness (QED) is 0.439. The van der Waals surface area contributed by atoms with Gasteiger partial charge in [0.25, 0.3) is 0 Å². The summed E-state index contributed by atoms with van der Waals surface area (Å²) in [5.74, 6) is 0.861. The second kappa shape index (κ2) is 8.13. The van der Waals surface area contributed by atoms with Crippen LogP contribution in [0.3, 0.4) is 0 Å². The van der Waals surface area contributed by atoms with E-state index in [4.69, 9.17) is 4.74 Å². The first-order valence-corrected chi connectivity index (χ1v) is 11.4. The minimum Gasteiger partial charge on any atom is -0.377 e. The van der Waals surface area contributed by atoms with Crippen molar-refractivity contribution in [3.8, 4) is 0 Å². The van der Waals surface area contributed by atoms with Crippen molar-refractivity contribution in [3.05, 3.63) is 59.5 Å². The Hall–Kier alpha value is -2.94. The number of rotatable bonds is 6. The highest BCUT2D eigenvalue weighted by Crippen LogP contribution is 2.30. The monoisotopic (exact) mass is 448 g/mol. The minimum absolute atomic E-state index is 0.195. The lowest BCUT2D eigenvalue weighted by Gasteiger charge is -2.43. The second-order valence-electron chi connectivity index (χ2n) is 9.94. The molecule has 1 aliphatic rings. The number of nitrogens with zero attached hydrogens (tertiary/aromatic N) is 5. The van der Waals surface area contributed by atoms with Crippen molar-refractivity contribution in [1.82, 2.24) is 24.1 Å². The highest BCUT2D eigenvalue weighted by Gasteiger charge is 2.34. The van der Waals surface area contributed by atoms with Crippen LogP contribution < -0.4 is 5.32 Å². The number of anilines is 1. The third kappa shape index (κ3) is 4.21. The summed E-state index contributed by atoms with van der Waals surface area (Å²) in [6.45, 7) is 12.1. The summed E-state index contributed by atoms with van der Waals surface area (Å²) < 4.78 is 10.1. The van der Waals surface area contributed by atoms with Gasteiger partial charge in [-0.3, -0.25) is 9.30 Å². The van der Waals surface area contributed by atoms with E-state index in [0.29, 0.717) is 13.1 Å². The molecule has 0 spiro atoms. The van der Waals surface area contributed by atoms with Crippen molar-refractivity contribution in [2.75, 3.05) is 18.4 Å². The zero-order valence-electron chi connectivity index (χ0n) is 19.9. The van der Waals surface area contributed by atoms with Gasteiger partial charge in [-0.2, -0.15) is 0 Å². The number of hydrogen-bond donors (Lipinski definition) is 2. The molecule has 1 aromatic carbocycles. The molecule has 1 saturated heterocycles. The molecule has 0 saturated carbocycles. The minimum atomic E-state index is -0.897. The fourth-order valence-electron chi connectivity index (χ4n) is 4.51. The summed E-state index contributed by atoms with van der Waals surface area (Å²) in [7, 11) is 0. The number of nitrogens with one attached hydrogen (secondary N) is 1. The first kappa shape index (κ1) is 21.9. The van der Waals surface area contributed by atoms with E-state index in [1.807, 2.05) is 38.7 Å². The lowest BCUT2D eigenvalue weighted by molar-refractivity contribution is -0.253. The molecule has 1 fully saturated rings. The van der Waals surface area contributed by atoms with Crippen molar-refractivity contribution in [2.24, 2.45) is 0 Å². The Labute approximate surface area is 193 Å². The molecule has 1 unspecified atom stereocenters. The number of ether oxygens (including phenoxy) is 1. The summed E-state index contributed by atoms with van der Waals surface area (Å²) in [6, 6.07) is 15.1. The molecule has 1 aliphatic heterocycles. The van der Waals surface area contributed by atoms with Crippen LogP contribution in [0.5, 0.6) is 0 Å².